The third-order valence-electron chi connectivity index (χ3n) is 3.19. The monoisotopic (exact) mass is 328 g/mol. The summed E-state index contributed by atoms with van der Waals surface area (Å²) < 4.78 is 5.30. The molecule has 0 saturated carbocycles. The molecule has 1 aromatic carbocycles. The molecule has 2 amide bonds. The van der Waals surface area contributed by atoms with Crippen LogP contribution in [-0.2, 0) is 6.54 Å². The van der Waals surface area contributed by atoms with Gasteiger partial charge in [-0.3, -0.25) is 0 Å². The van der Waals surface area contributed by atoms with E-state index in [0.717, 1.165) is 11.1 Å². The summed E-state index contributed by atoms with van der Waals surface area (Å²) in [6.45, 7) is 12.1. The van der Waals surface area contributed by atoms with Crippen LogP contribution >= 0.6 is 0 Å². The maximum Gasteiger partial charge on any atom is 0.318 e. The highest BCUT2D eigenvalue weighted by Gasteiger charge is 2.21. The Kier molecular flexibility index (Phi) is 5.39. The molecule has 2 rings (SSSR count). The molecule has 0 radical (unpaired) electrons. The van der Waals surface area contributed by atoms with Crippen molar-refractivity contribution >= 4 is 6.03 Å². The maximum absolute atomic E-state index is 12.4. The summed E-state index contributed by atoms with van der Waals surface area (Å²) in [5.74, 6) is 0.904. The van der Waals surface area contributed by atoms with Crippen LogP contribution in [0, 0.1) is 6.92 Å². The van der Waals surface area contributed by atoms with Gasteiger partial charge >= 0.3 is 6.03 Å². The first-order valence-electron chi connectivity index (χ1n) is 7.86. The van der Waals surface area contributed by atoms with Gasteiger partial charge in [-0.2, -0.15) is 4.98 Å². The summed E-state index contributed by atoms with van der Waals surface area (Å²) in [5, 5.41) is 6.92. The largest absolute Gasteiger partial charge is 0.337 e. The molecule has 0 bridgehead atoms. The fraction of sp³-hybridized carbons (Fsp3) is 0.389. The first kappa shape index (κ1) is 17.7. The normalized spacial score (nSPS) is 11.2. The molecule has 0 spiro atoms. The predicted molar refractivity (Wildman–Crippen MR) is 93.4 cm³/mol. The average molecular weight is 328 g/mol. The number of aryl methyl sites for hydroxylation is 1. The van der Waals surface area contributed by atoms with Crippen molar-refractivity contribution in [1.82, 2.24) is 20.4 Å². The van der Waals surface area contributed by atoms with Crippen molar-refractivity contribution in [3.63, 3.8) is 0 Å². The van der Waals surface area contributed by atoms with Gasteiger partial charge in [-0.05, 0) is 33.8 Å². The molecule has 2 aromatic rings. The molecule has 0 saturated heterocycles. The zero-order valence-corrected chi connectivity index (χ0v) is 14.7. The van der Waals surface area contributed by atoms with E-state index < -0.39 is 0 Å². The molecular formula is C18H24N4O2. The number of benzene rings is 1. The number of hydrogen-bond donors (Lipinski definition) is 1. The topological polar surface area (TPSA) is 71.3 Å². The van der Waals surface area contributed by atoms with Crippen LogP contribution in [0.2, 0.25) is 0 Å². The van der Waals surface area contributed by atoms with E-state index in [0.29, 0.717) is 18.3 Å². The third-order valence-corrected chi connectivity index (χ3v) is 3.19. The average Bonchev–Trinajstić information content (AvgIpc) is 2.93. The van der Waals surface area contributed by atoms with Gasteiger partial charge in [-0.15, -0.1) is 6.58 Å². The molecular weight excluding hydrogens is 304 g/mol. The Balaban J connectivity index is 2.13. The second kappa shape index (κ2) is 7.29. The number of rotatable bonds is 5. The lowest BCUT2D eigenvalue weighted by atomic mass is 10.1. The first-order valence-corrected chi connectivity index (χ1v) is 7.86. The van der Waals surface area contributed by atoms with Crippen LogP contribution in [0.15, 0.2) is 41.4 Å². The summed E-state index contributed by atoms with van der Waals surface area (Å²) >= 11 is 0. The van der Waals surface area contributed by atoms with Crippen molar-refractivity contribution < 1.29 is 9.32 Å². The van der Waals surface area contributed by atoms with Crippen molar-refractivity contribution in [3.05, 3.63) is 48.4 Å². The lowest BCUT2D eigenvalue weighted by molar-refractivity contribution is 0.184. The Morgan fingerprint density at radius 3 is 2.79 bits per heavy atom. The van der Waals surface area contributed by atoms with Gasteiger partial charge in [0.25, 0.3) is 0 Å². The number of amides is 2. The first-order chi connectivity index (χ1) is 11.3. The molecule has 0 unspecified atom stereocenters. The third kappa shape index (κ3) is 4.94. The van der Waals surface area contributed by atoms with E-state index in [1.165, 1.54) is 0 Å². The summed E-state index contributed by atoms with van der Waals surface area (Å²) in [6.07, 6.45) is 1.67. The maximum atomic E-state index is 12.4. The van der Waals surface area contributed by atoms with Crippen LogP contribution in [0.4, 0.5) is 4.79 Å². The lowest BCUT2D eigenvalue weighted by Crippen LogP contribution is -2.48. The van der Waals surface area contributed by atoms with Crippen LogP contribution in [0.25, 0.3) is 11.4 Å². The van der Waals surface area contributed by atoms with Gasteiger partial charge in [-0.1, -0.05) is 35.0 Å². The van der Waals surface area contributed by atoms with Crippen molar-refractivity contribution in [2.24, 2.45) is 0 Å². The Hall–Kier alpha value is -2.63. The summed E-state index contributed by atoms with van der Waals surface area (Å²) in [7, 11) is 0. The van der Waals surface area contributed by atoms with E-state index >= 15 is 0 Å². The van der Waals surface area contributed by atoms with Crippen molar-refractivity contribution in [3.8, 4) is 11.4 Å². The highest BCUT2D eigenvalue weighted by atomic mass is 16.5. The number of carbonyl (C=O) groups excluding carboxylic acids is 1. The summed E-state index contributed by atoms with van der Waals surface area (Å²) in [4.78, 5) is 18.3. The fourth-order valence-corrected chi connectivity index (χ4v) is 2.16. The number of urea groups is 1. The number of nitrogens with zero attached hydrogens (tertiary/aromatic N) is 3. The molecule has 0 aliphatic heterocycles. The molecule has 24 heavy (non-hydrogen) atoms. The van der Waals surface area contributed by atoms with Gasteiger partial charge in [-0.25, -0.2) is 4.79 Å². The molecule has 0 aliphatic rings. The zero-order valence-electron chi connectivity index (χ0n) is 14.7. The highest BCUT2D eigenvalue weighted by molar-refractivity contribution is 5.75. The van der Waals surface area contributed by atoms with Crippen LogP contribution in [0.1, 0.15) is 32.2 Å². The molecule has 6 nitrogen and oxygen atoms in total. The number of hydrogen-bond acceptors (Lipinski definition) is 4. The highest BCUT2D eigenvalue weighted by Crippen LogP contribution is 2.17. The second-order valence-corrected chi connectivity index (χ2v) is 6.73. The summed E-state index contributed by atoms with van der Waals surface area (Å²) in [5.41, 5.74) is 1.69. The smallest absolute Gasteiger partial charge is 0.318 e. The van der Waals surface area contributed by atoms with Gasteiger partial charge in [0.1, 0.15) is 6.54 Å². The van der Waals surface area contributed by atoms with Crippen LogP contribution < -0.4 is 5.32 Å². The minimum atomic E-state index is -0.321. The number of aromatic nitrogens is 2. The molecule has 1 heterocycles. The van der Waals surface area contributed by atoms with E-state index in [1.54, 1.807) is 11.0 Å². The molecule has 1 N–H and O–H groups in total. The minimum absolute atomic E-state index is 0.197. The van der Waals surface area contributed by atoms with E-state index in [1.807, 2.05) is 52.0 Å². The standard InChI is InChI=1S/C18H24N4O2/c1-6-10-22(17(23)20-18(3,4)5)12-15-19-16(21-24-15)14-9-7-8-13(2)11-14/h6-9,11H,1,10,12H2,2-5H3,(H,20,23). The zero-order chi connectivity index (χ0) is 17.7. The quantitative estimate of drug-likeness (QED) is 0.852. The Morgan fingerprint density at radius 2 is 2.17 bits per heavy atom. The van der Waals surface area contributed by atoms with Crippen LogP contribution in [-0.4, -0.2) is 33.2 Å². The van der Waals surface area contributed by atoms with Crippen molar-refractivity contribution in [1.29, 1.82) is 0 Å². The van der Waals surface area contributed by atoms with Crippen molar-refractivity contribution in [2.75, 3.05) is 6.54 Å². The van der Waals surface area contributed by atoms with Gasteiger partial charge in [0.05, 0.1) is 0 Å². The molecule has 0 aliphatic carbocycles. The van der Waals surface area contributed by atoms with Crippen molar-refractivity contribution in [2.45, 2.75) is 39.8 Å². The van der Waals surface area contributed by atoms with Gasteiger partial charge in [0.15, 0.2) is 0 Å². The molecule has 1 aromatic heterocycles. The van der Waals surface area contributed by atoms with E-state index in [4.69, 9.17) is 4.52 Å². The Morgan fingerprint density at radius 1 is 1.42 bits per heavy atom. The Bertz CT molecular complexity index is 716. The van der Waals surface area contributed by atoms with Gasteiger partial charge in [0.2, 0.25) is 11.7 Å². The predicted octanol–water partition coefficient (Wildman–Crippen LogP) is 3.54. The second-order valence-electron chi connectivity index (χ2n) is 6.73. The fourth-order valence-electron chi connectivity index (χ4n) is 2.16. The molecule has 0 atom stereocenters. The summed E-state index contributed by atoms with van der Waals surface area (Å²) in [6, 6.07) is 7.67. The van der Waals surface area contributed by atoms with Gasteiger partial charge in [0, 0.05) is 17.6 Å². The number of carbonyl (C=O) groups is 1. The molecule has 0 fully saturated rings. The van der Waals surface area contributed by atoms with Crippen LogP contribution in [0.5, 0.6) is 0 Å². The van der Waals surface area contributed by atoms with E-state index in [9.17, 15) is 4.79 Å². The Labute approximate surface area is 142 Å². The van der Waals surface area contributed by atoms with Gasteiger partial charge < -0.3 is 14.7 Å². The SMILES string of the molecule is C=CCN(Cc1nc(-c2cccc(C)c2)no1)C(=O)NC(C)(C)C. The number of nitrogens with one attached hydrogen (secondary N) is 1. The van der Waals surface area contributed by atoms with E-state index in [2.05, 4.69) is 22.0 Å². The van der Waals surface area contributed by atoms with Crippen LogP contribution in [0.3, 0.4) is 0 Å². The minimum Gasteiger partial charge on any atom is -0.337 e. The molecule has 6 heteroatoms. The molecule has 128 valence electrons. The van der Waals surface area contributed by atoms with E-state index in [-0.39, 0.29) is 18.1 Å². The lowest BCUT2D eigenvalue weighted by Gasteiger charge is -2.26.